The van der Waals surface area contributed by atoms with Gasteiger partial charge < -0.3 is 25.6 Å². The van der Waals surface area contributed by atoms with Crippen molar-refractivity contribution >= 4 is 5.91 Å². The molecule has 122 valence electrons. The van der Waals surface area contributed by atoms with Crippen LogP contribution in [-0.2, 0) is 4.79 Å². The van der Waals surface area contributed by atoms with Gasteiger partial charge in [0.1, 0.15) is 11.5 Å². The van der Waals surface area contributed by atoms with Gasteiger partial charge in [-0.05, 0) is 37.5 Å². The first-order valence-corrected chi connectivity index (χ1v) is 7.48. The molecule has 0 aliphatic heterocycles. The molecule has 1 aliphatic rings. The van der Waals surface area contributed by atoms with Crippen molar-refractivity contribution in [2.45, 2.75) is 31.4 Å². The van der Waals surface area contributed by atoms with Gasteiger partial charge in [0.2, 0.25) is 5.91 Å². The fourth-order valence-electron chi connectivity index (χ4n) is 2.81. The van der Waals surface area contributed by atoms with Gasteiger partial charge >= 0.3 is 0 Å². The number of hydrogen-bond acceptors (Lipinski definition) is 5. The van der Waals surface area contributed by atoms with Gasteiger partial charge in [0.05, 0.1) is 20.3 Å². The number of nitrogens with two attached hydrogens (primary N) is 1. The molecular formula is C16H24N2O4. The van der Waals surface area contributed by atoms with Crippen LogP contribution in [-0.4, -0.2) is 37.8 Å². The monoisotopic (exact) mass is 308 g/mol. The van der Waals surface area contributed by atoms with Crippen molar-refractivity contribution in [2.24, 2.45) is 11.7 Å². The van der Waals surface area contributed by atoms with E-state index in [0.717, 1.165) is 12.8 Å². The summed E-state index contributed by atoms with van der Waals surface area (Å²) in [5, 5.41) is 13.1. The van der Waals surface area contributed by atoms with E-state index in [2.05, 4.69) is 5.32 Å². The van der Waals surface area contributed by atoms with Crippen molar-refractivity contribution in [1.29, 1.82) is 0 Å². The lowest BCUT2D eigenvalue weighted by atomic mass is 10.1. The second-order valence-corrected chi connectivity index (χ2v) is 5.64. The highest BCUT2D eigenvalue weighted by Crippen LogP contribution is 2.29. The largest absolute Gasteiger partial charge is 0.497 e. The Balaban J connectivity index is 1.96. The zero-order valence-corrected chi connectivity index (χ0v) is 13.0. The molecule has 6 nitrogen and oxygen atoms in total. The number of rotatable bonds is 6. The Kier molecular flexibility index (Phi) is 5.63. The number of hydrogen-bond donors (Lipinski definition) is 3. The zero-order chi connectivity index (χ0) is 16.1. The fourth-order valence-corrected chi connectivity index (χ4v) is 2.81. The Morgan fingerprint density at radius 2 is 2.18 bits per heavy atom. The van der Waals surface area contributed by atoms with E-state index < -0.39 is 6.10 Å². The van der Waals surface area contributed by atoms with Gasteiger partial charge in [-0.15, -0.1) is 0 Å². The molecule has 0 heterocycles. The van der Waals surface area contributed by atoms with Crippen molar-refractivity contribution in [2.75, 3.05) is 20.8 Å². The van der Waals surface area contributed by atoms with Gasteiger partial charge in [-0.3, -0.25) is 4.79 Å². The van der Waals surface area contributed by atoms with E-state index in [-0.39, 0.29) is 24.4 Å². The first-order chi connectivity index (χ1) is 10.5. The predicted octanol–water partition coefficient (Wildman–Crippen LogP) is 0.981. The lowest BCUT2D eigenvalue weighted by molar-refractivity contribution is -0.125. The summed E-state index contributed by atoms with van der Waals surface area (Å²) in [6.07, 6.45) is 1.55. The molecule has 3 atom stereocenters. The molecular weight excluding hydrogens is 284 g/mol. The normalized spacial score (nSPS) is 22.2. The second-order valence-electron chi connectivity index (χ2n) is 5.64. The number of methoxy groups -OCH3 is 2. The second kappa shape index (κ2) is 7.47. The Bertz CT molecular complexity index is 521. The number of benzene rings is 1. The Hall–Kier alpha value is -1.79. The van der Waals surface area contributed by atoms with Crippen LogP contribution in [0.5, 0.6) is 11.5 Å². The van der Waals surface area contributed by atoms with E-state index >= 15 is 0 Å². The van der Waals surface area contributed by atoms with Crippen LogP contribution in [0, 0.1) is 5.92 Å². The molecule has 1 amide bonds. The molecule has 0 radical (unpaired) electrons. The summed E-state index contributed by atoms with van der Waals surface area (Å²) in [5.41, 5.74) is 6.41. The molecule has 1 aliphatic carbocycles. The van der Waals surface area contributed by atoms with Gasteiger partial charge in [0, 0.05) is 24.1 Å². The highest BCUT2D eigenvalue weighted by atomic mass is 16.5. The van der Waals surface area contributed by atoms with Crippen molar-refractivity contribution in [3.8, 4) is 11.5 Å². The van der Waals surface area contributed by atoms with Crippen LogP contribution >= 0.6 is 0 Å². The van der Waals surface area contributed by atoms with Gasteiger partial charge in [-0.1, -0.05) is 0 Å². The minimum atomic E-state index is -0.857. The minimum absolute atomic E-state index is 0.0468. The lowest BCUT2D eigenvalue weighted by Gasteiger charge is -2.18. The molecule has 0 spiro atoms. The molecule has 1 fully saturated rings. The van der Waals surface area contributed by atoms with E-state index in [0.29, 0.717) is 23.5 Å². The smallest absolute Gasteiger partial charge is 0.223 e. The quantitative estimate of drug-likeness (QED) is 0.728. The third-order valence-corrected chi connectivity index (χ3v) is 4.11. The number of nitrogens with one attached hydrogen (secondary N) is 1. The van der Waals surface area contributed by atoms with Crippen molar-refractivity contribution in [1.82, 2.24) is 5.32 Å². The van der Waals surface area contributed by atoms with Crippen LogP contribution in [0.3, 0.4) is 0 Å². The minimum Gasteiger partial charge on any atom is -0.497 e. The van der Waals surface area contributed by atoms with E-state index in [1.807, 2.05) is 0 Å². The maximum absolute atomic E-state index is 12.1. The third-order valence-electron chi connectivity index (χ3n) is 4.11. The summed E-state index contributed by atoms with van der Waals surface area (Å²) in [5.74, 6) is 1.09. The van der Waals surface area contributed by atoms with Crippen molar-refractivity contribution < 1.29 is 19.4 Å². The zero-order valence-electron chi connectivity index (χ0n) is 13.0. The Labute approximate surface area is 130 Å². The van der Waals surface area contributed by atoms with Crippen LogP contribution in [0.15, 0.2) is 18.2 Å². The average molecular weight is 308 g/mol. The average Bonchev–Trinajstić information content (AvgIpc) is 2.98. The number of aliphatic hydroxyl groups is 1. The van der Waals surface area contributed by atoms with Crippen LogP contribution in [0.2, 0.25) is 0 Å². The van der Waals surface area contributed by atoms with Gasteiger partial charge in [-0.2, -0.15) is 0 Å². The molecule has 0 bridgehead atoms. The first kappa shape index (κ1) is 16.6. The SMILES string of the molecule is COc1ccc(OC)c(C(O)CNC(=O)C2CCC(N)C2)c1. The maximum Gasteiger partial charge on any atom is 0.223 e. The highest BCUT2D eigenvalue weighted by Gasteiger charge is 2.28. The summed E-state index contributed by atoms with van der Waals surface area (Å²) in [7, 11) is 3.10. The molecule has 22 heavy (non-hydrogen) atoms. The van der Waals surface area contributed by atoms with E-state index in [1.54, 1.807) is 25.3 Å². The predicted molar refractivity (Wildman–Crippen MR) is 82.8 cm³/mol. The standard InChI is InChI=1S/C16H24N2O4/c1-21-12-5-6-15(22-2)13(8-12)14(19)9-18-16(20)10-3-4-11(17)7-10/h5-6,8,10-11,14,19H,3-4,7,9,17H2,1-2H3,(H,18,20). The molecule has 0 aromatic heterocycles. The number of amides is 1. The van der Waals surface area contributed by atoms with Crippen LogP contribution in [0.25, 0.3) is 0 Å². The summed E-state index contributed by atoms with van der Waals surface area (Å²) in [6.45, 7) is 0.133. The van der Waals surface area contributed by atoms with Crippen LogP contribution in [0.4, 0.5) is 0 Å². The van der Waals surface area contributed by atoms with Gasteiger partial charge in [0.15, 0.2) is 0 Å². The topological polar surface area (TPSA) is 93.8 Å². The van der Waals surface area contributed by atoms with E-state index in [1.165, 1.54) is 7.11 Å². The molecule has 0 saturated heterocycles. The Morgan fingerprint density at radius 1 is 1.41 bits per heavy atom. The van der Waals surface area contributed by atoms with Gasteiger partial charge in [0.25, 0.3) is 0 Å². The maximum atomic E-state index is 12.1. The summed E-state index contributed by atoms with van der Waals surface area (Å²) in [4.78, 5) is 12.1. The fraction of sp³-hybridized carbons (Fsp3) is 0.562. The van der Waals surface area contributed by atoms with Crippen LogP contribution < -0.4 is 20.5 Å². The summed E-state index contributed by atoms with van der Waals surface area (Å²) >= 11 is 0. The lowest BCUT2D eigenvalue weighted by Crippen LogP contribution is -2.33. The number of carbonyl (C=O) groups is 1. The molecule has 6 heteroatoms. The van der Waals surface area contributed by atoms with Crippen molar-refractivity contribution in [3.63, 3.8) is 0 Å². The third kappa shape index (κ3) is 3.90. The van der Waals surface area contributed by atoms with Gasteiger partial charge in [-0.25, -0.2) is 0 Å². The summed E-state index contributed by atoms with van der Waals surface area (Å²) < 4.78 is 10.4. The molecule has 3 unspecified atom stereocenters. The molecule has 4 N–H and O–H groups in total. The highest BCUT2D eigenvalue weighted by molar-refractivity contribution is 5.79. The van der Waals surface area contributed by atoms with E-state index in [9.17, 15) is 9.90 Å². The number of ether oxygens (including phenoxy) is 2. The van der Waals surface area contributed by atoms with E-state index in [4.69, 9.17) is 15.2 Å². The summed E-state index contributed by atoms with van der Waals surface area (Å²) in [6, 6.07) is 5.31. The molecule has 2 rings (SSSR count). The van der Waals surface area contributed by atoms with Crippen LogP contribution in [0.1, 0.15) is 30.9 Å². The van der Waals surface area contributed by atoms with Crippen molar-refractivity contribution in [3.05, 3.63) is 23.8 Å². The molecule has 1 aromatic rings. The Morgan fingerprint density at radius 3 is 2.77 bits per heavy atom. The number of aliphatic hydroxyl groups excluding tert-OH is 1. The molecule has 1 aromatic carbocycles. The number of carbonyl (C=O) groups excluding carboxylic acids is 1. The molecule has 1 saturated carbocycles. The first-order valence-electron chi connectivity index (χ1n) is 7.48.